The van der Waals surface area contributed by atoms with Crippen LogP contribution in [0.15, 0.2) is 33.5 Å². The first-order chi connectivity index (χ1) is 7.65. The first kappa shape index (κ1) is 11.1. The van der Waals surface area contributed by atoms with Gasteiger partial charge in [0.2, 0.25) is 0 Å². The van der Waals surface area contributed by atoms with Crippen LogP contribution < -0.4 is 0 Å². The van der Waals surface area contributed by atoms with Crippen molar-refractivity contribution in [1.82, 2.24) is 10.2 Å². The van der Waals surface area contributed by atoms with Gasteiger partial charge in [0.15, 0.2) is 4.34 Å². The van der Waals surface area contributed by atoms with Crippen molar-refractivity contribution in [3.8, 4) is 0 Å². The molecule has 0 radical (unpaired) electrons. The van der Waals surface area contributed by atoms with Gasteiger partial charge in [-0.2, -0.15) is 0 Å². The van der Waals surface area contributed by atoms with E-state index in [-0.39, 0.29) is 5.56 Å². The van der Waals surface area contributed by atoms with Crippen molar-refractivity contribution < 1.29 is 9.90 Å². The standard InChI is InChI=1S/C10H8N2O2S2/c1-6-11-12-10(15-6)16-8-4-2-7(3-5-8)9(13)14/h2-5H,1H3,(H,13,14). The molecule has 0 atom stereocenters. The topological polar surface area (TPSA) is 63.1 Å². The Morgan fingerprint density at radius 2 is 2.00 bits per heavy atom. The Balaban J connectivity index is 2.14. The second-order valence-electron chi connectivity index (χ2n) is 3.02. The molecule has 1 heterocycles. The molecule has 4 nitrogen and oxygen atoms in total. The summed E-state index contributed by atoms with van der Waals surface area (Å²) < 4.78 is 0.862. The number of hydrogen-bond donors (Lipinski definition) is 1. The number of carbonyl (C=O) groups is 1. The molecule has 2 rings (SSSR count). The summed E-state index contributed by atoms with van der Waals surface area (Å²) in [5.74, 6) is -0.914. The van der Waals surface area contributed by atoms with Gasteiger partial charge in [-0.15, -0.1) is 10.2 Å². The van der Waals surface area contributed by atoms with Crippen LogP contribution >= 0.6 is 23.1 Å². The van der Waals surface area contributed by atoms with Gasteiger partial charge in [0.25, 0.3) is 0 Å². The Labute approximate surface area is 100 Å². The minimum atomic E-state index is -0.914. The van der Waals surface area contributed by atoms with E-state index < -0.39 is 5.97 Å². The number of benzene rings is 1. The predicted octanol–water partition coefficient (Wildman–Crippen LogP) is 2.70. The SMILES string of the molecule is Cc1nnc(Sc2ccc(C(=O)O)cc2)s1. The van der Waals surface area contributed by atoms with E-state index in [1.165, 1.54) is 23.1 Å². The molecular formula is C10H8N2O2S2. The summed E-state index contributed by atoms with van der Waals surface area (Å²) in [4.78, 5) is 11.6. The van der Waals surface area contributed by atoms with Gasteiger partial charge in [0, 0.05) is 4.90 Å². The molecule has 0 saturated heterocycles. The van der Waals surface area contributed by atoms with Crippen LogP contribution in [0.2, 0.25) is 0 Å². The lowest BCUT2D eigenvalue weighted by Gasteiger charge is -1.97. The van der Waals surface area contributed by atoms with Gasteiger partial charge in [-0.25, -0.2) is 4.79 Å². The van der Waals surface area contributed by atoms with E-state index in [2.05, 4.69) is 10.2 Å². The van der Waals surface area contributed by atoms with Crippen molar-refractivity contribution in [3.05, 3.63) is 34.8 Å². The zero-order valence-corrected chi connectivity index (χ0v) is 10.0. The fraction of sp³-hybridized carbons (Fsp3) is 0.100. The molecule has 0 saturated carbocycles. The molecule has 0 amide bonds. The Bertz CT molecular complexity index is 508. The first-order valence-corrected chi connectivity index (χ1v) is 6.10. The largest absolute Gasteiger partial charge is 0.478 e. The lowest BCUT2D eigenvalue weighted by Crippen LogP contribution is -1.94. The van der Waals surface area contributed by atoms with Crippen LogP contribution in [-0.2, 0) is 0 Å². The van der Waals surface area contributed by atoms with Gasteiger partial charge in [-0.05, 0) is 31.2 Å². The third-order valence-corrected chi connectivity index (χ3v) is 3.71. The van der Waals surface area contributed by atoms with Crippen molar-refractivity contribution in [3.63, 3.8) is 0 Å². The molecule has 0 fully saturated rings. The van der Waals surface area contributed by atoms with Crippen LogP contribution in [0.1, 0.15) is 15.4 Å². The van der Waals surface area contributed by atoms with E-state index in [1.807, 2.05) is 6.92 Å². The van der Waals surface area contributed by atoms with E-state index in [9.17, 15) is 4.79 Å². The molecular weight excluding hydrogens is 244 g/mol. The monoisotopic (exact) mass is 252 g/mol. The van der Waals surface area contributed by atoms with Crippen molar-refractivity contribution in [2.75, 3.05) is 0 Å². The van der Waals surface area contributed by atoms with Gasteiger partial charge in [0.1, 0.15) is 5.01 Å². The van der Waals surface area contributed by atoms with E-state index in [1.54, 1.807) is 24.3 Å². The zero-order valence-electron chi connectivity index (χ0n) is 8.38. The molecule has 1 aromatic heterocycles. The molecule has 0 spiro atoms. The average molecular weight is 252 g/mol. The molecule has 6 heteroatoms. The summed E-state index contributed by atoms with van der Waals surface area (Å²) in [7, 11) is 0. The van der Waals surface area contributed by atoms with Gasteiger partial charge in [-0.3, -0.25) is 0 Å². The smallest absolute Gasteiger partial charge is 0.335 e. The summed E-state index contributed by atoms with van der Waals surface area (Å²) >= 11 is 3.00. The fourth-order valence-electron chi connectivity index (χ4n) is 1.09. The van der Waals surface area contributed by atoms with Gasteiger partial charge in [0.05, 0.1) is 5.56 Å². The maximum atomic E-state index is 10.6. The third kappa shape index (κ3) is 2.59. The molecule has 0 aliphatic rings. The highest BCUT2D eigenvalue weighted by molar-refractivity contribution is 8.01. The number of carboxylic acids is 1. The molecule has 82 valence electrons. The highest BCUT2D eigenvalue weighted by atomic mass is 32.2. The van der Waals surface area contributed by atoms with Crippen molar-refractivity contribution in [2.24, 2.45) is 0 Å². The van der Waals surface area contributed by atoms with Crippen molar-refractivity contribution >= 4 is 29.1 Å². The van der Waals surface area contributed by atoms with Crippen molar-refractivity contribution in [1.29, 1.82) is 0 Å². The summed E-state index contributed by atoms with van der Waals surface area (Å²) in [5, 5.41) is 17.6. The number of hydrogen-bond acceptors (Lipinski definition) is 5. The van der Waals surface area contributed by atoms with E-state index >= 15 is 0 Å². The molecule has 0 aliphatic carbocycles. The van der Waals surface area contributed by atoms with Crippen LogP contribution in [0.25, 0.3) is 0 Å². The number of carboxylic acid groups (broad SMARTS) is 1. The molecule has 0 aliphatic heterocycles. The zero-order chi connectivity index (χ0) is 11.5. The second kappa shape index (κ2) is 4.63. The lowest BCUT2D eigenvalue weighted by molar-refractivity contribution is 0.0697. The van der Waals surface area contributed by atoms with Crippen LogP contribution in [0.5, 0.6) is 0 Å². The maximum absolute atomic E-state index is 10.6. The van der Waals surface area contributed by atoms with Crippen LogP contribution in [-0.4, -0.2) is 21.3 Å². The number of aromatic carboxylic acids is 1. The van der Waals surface area contributed by atoms with Crippen molar-refractivity contribution in [2.45, 2.75) is 16.2 Å². The summed E-state index contributed by atoms with van der Waals surface area (Å²) in [6.07, 6.45) is 0. The summed E-state index contributed by atoms with van der Waals surface area (Å²) in [6.45, 7) is 1.90. The van der Waals surface area contributed by atoms with Crippen LogP contribution in [0, 0.1) is 6.92 Å². The molecule has 2 aromatic rings. The van der Waals surface area contributed by atoms with Crippen LogP contribution in [0.3, 0.4) is 0 Å². The first-order valence-electron chi connectivity index (χ1n) is 4.46. The normalized spacial score (nSPS) is 10.3. The molecule has 0 bridgehead atoms. The third-order valence-electron chi connectivity index (χ3n) is 1.81. The Kier molecular flexibility index (Phi) is 3.21. The summed E-state index contributed by atoms with van der Waals surface area (Å²) in [5.41, 5.74) is 0.290. The predicted molar refractivity (Wildman–Crippen MR) is 62.2 cm³/mol. The maximum Gasteiger partial charge on any atom is 0.335 e. The molecule has 16 heavy (non-hydrogen) atoms. The highest BCUT2D eigenvalue weighted by Crippen LogP contribution is 2.29. The van der Waals surface area contributed by atoms with Gasteiger partial charge < -0.3 is 5.11 Å². The average Bonchev–Trinajstić information content (AvgIpc) is 2.65. The quantitative estimate of drug-likeness (QED) is 0.910. The van der Waals surface area contributed by atoms with E-state index in [4.69, 9.17) is 5.11 Å². The number of rotatable bonds is 3. The fourth-order valence-corrected chi connectivity index (χ4v) is 2.87. The minimum absolute atomic E-state index is 0.290. The van der Waals surface area contributed by atoms with E-state index in [0.717, 1.165) is 14.2 Å². The Hall–Kier alpha value is -1.40. The molecule has 1 aromatic carbocycles. The highest BCUT2D eigenvalue weighted by Gasteiger charge is 2.05. The Morgan fingerprint density at radius 1 is 1.31 bits per heavy atom. The van der Waals surface area contributed by atoms with Gasteiger partial charge >= 0.3 is 5.97 Å². The van der Waals surface area contributed by atoms with Crippen LogP contribution in [0.4, 0.5) is 0 Å². The number of aromatic nitrogens is 2. The lowest BCUT2D eigenvalue weighted by atomic mass is 10.2. The number of nitrogens with zero attached hydrogens (tertiary/aromatic N) is 2. The van der Waals surface area contributed by atoms with Gasteiger partial charge in [-0.1, -0.05) is 23.1 Å². The second-order valence-corrected chi connectivity index (χ2v) is 5.52. The molecule has 1 N–H and O–H groups in total. The Morgan fingerprint density at radius 3 is 2.50 bits per heavy atom. The minimum Gasteiger partial charge on any atom is -0.478 e. The summed E-state index contributed by atoms with van der Waals surface area (Å²) in [6, 6.07) is 6.70. The number of aryl methyl sites for hydroxylation is 1. The molecule has 0 unspecified atom stereocenters. The van der Waals surface area contributed by atoms with E-state index in [0.29, 0.717) is 0 Å².